The summed E-state index contributed by atoms with van der Waals surface area (Å²) in [5.41, 5.74) is 1.18. The van der Waals surface area contributed by atoms with Gasteiger partial charge in [0.1, 0.15) is 0 Å². The van der Waals surface area contributed by atoms with Crippen molar-refractivity contribution in [3.05, 3.63) is 76.8 Å². The van der Waals surface area contributed by atoms with Gasteiger partial charge in [-0.2, -0.15) is 0 Å². The zero-order chi connectivity index (χ0) is 16.7. The zero-order valence-corrected chi connectivity index (χ0v) is 13.2. The molecule has 0 fully saturated rings. The molecule has 4 nitrogen and oxygen atoms in total. The van der Waals surface area contributed by atoms with Crippen molar-refractivity contribution in [3.8, 4) is 0 Å². The van der Waals surface area contributed by atoms with E-state index in [2.05, 4.69) is 4.74 Å². The Morgan fingerprint density at radius 2 is 1.70 bits per heavy atom. The van der Waals surface area contributed by atoms with Crippen molar-refractivity contribution >= 4 is 29.6 Å². The summed E-state index contributed by atoms with van der Waals surface area (Å²) < 4.78 is 9.88. The van der Waals surface area contributed by atoms with Crippen LogP contribution in [0.3, 0.4) is 0 Å². The van der Waals surface area contributed by atoms with Crippen molar-refractivity contribution in [1.82, 2.24) is 0 Å². The van der Waals surface area contributed by atoms with Crippen molar-refractivity contribution in [2.24, 2.45) is 0 Å². The fraction of sp³-hybridized carbons (Fsp3) is 0.111. The number of hydrogen-bond acceptors (Lipinski definition) is 4. The first kappa shape index (κ1) is 16.8. The molecule has 0 unspecified atom stereocenters. The molecule has 0 bridgehead atoms. The Labute approximate surface area is 139 Å². The molecule has 2 aromatic carbocycles. The third-order valence-corrected chi connectivity index (χ3v) is 3.26. The van der Waals surface area contributed by atoms with Crippen LogP contribution in [0.1, 0.15) is 15.9 Å². The van der Waals surface area contributed by atoms with Gasteiger partial charge in [-0.3, -0.25) is 0 Å². The van der Waals surface area contributed by atoms with Crippen LogP contribution >= 0.6 is 11.6 Å². The predicted molar refractivity (Wildman–Crippen MR) is 88.1 cm³/mol. The van der Waals surface area contributed by atoms with E-state index in [9.17, 15) is 9.59 Å². The molecule has 0 saturated heterocycles. The average molecular weight is 331 g/mol. The van der Waals surface area contributed by atoms with Gasteiger partial charge < -0.3 is 9.47 Å². The molecule has 0 N–H and O–H groups in total. The minimum atomic E-state index is -1.12. The molecule has 1 atom stereocenters. The summed E-state index contributed by atoms with van der Waals surface area (Å²) in [5, 5.41) is 0.509. The minimum absolute atomic E-state index is 0.302. The lowest BCUT2D eigenvalue weighted by molar-refractivity contribution is -0.148. The molecule has 0 saturated carbocycles. The number of methoxy groups -OCH3 is 1. The number of halogens is 1. The zero-order valence-electron chi connectivity index (χ0n) is 12.4. The summed E-state index contributed by atoms with van der Waals surface area (Å²) in [6.07, 6.45) is 2.05. The smallest absolute Gasteiger partial charge is 0.351 e. The fourth-order valence-electron chi connectivity index (χ4n) is 1.81. The highest BCUT2D eigenvalue weighted by molar-refractivity contribution is 6.30. The normalized spacial score (nSPS) is 11.9. The SMILES string of the molecule is COC(=O)[C@@H](/C=C/c1ccccc1)OC(=O)c1ccc(Cl)cc1. The van der Waals surface area contributed by atoms with Gasteiger partial charge in [-0.15, -0.1) is 0 Å². The maximum absolute atomic E-state index is 12.1. The Hall–Kier alpha value is -2.59. The van der Waals surface area contributed by atoms with E-state index in [1.165, 1.54) is 25.3 Å². The van der Waals surface area contributed by atoms with E-state index in [1.54, 1.807) is 18.2 Å². The first-order valence-corrected chi connectivity index (χ1v) is 7.25. The van der Waals surface area contributed by atoms with E-state index in [0.29, 0.717) is 10.6 Å². The van der Waals surface area contributed by atoms with Gasteiger partial charge in [-0.05, 0) is 35.9 Å². The number of carbonyl (C=O) groups excluding carboxylic acids is 2. The second-order valence-electron chi connectivity index (χ2n) is 4.63. The Kier molecular flexibility index (Phi) is 5.94. The highest BCUT2D eigenvalue weighted by Gasteiger charge is 2.21. The van der Waals surface area contributed by atoms with Crippen LogP contribution in [0, 0.1) is 0 Å². The van der Waals surface area contributed by atoms with Crippen LogP contribution in [0.2, 0.25) is 5.02 Å². The number of rotatable bonds is 5. The summed E-state index contributed by atoms with van der Waals surface area (Å²) >= 11 is 5.78. The van der Waals surface area contributed by atoms with Gasteiger partial charge in [0.15, 0.2) is 0 Å². The maximum Gasteiger partial charge on any atom is 0.351 e. The second-order valence-corrected chi connectivity index (χ2v) is 5.06. The van der Waals surface area contributed by atoms with Gasteiger partial charge in [0, 0.05) is 5.02 Å². The second kappa shape index (κ2) is 8.15. The van der Waals surface area contributed by atoms with Crippen molar-refractivity contribution in [1.29, 1.82) is 0 Å². The topological polar surface area (TPSA) is 52.6 Å². The van der Waals surface area contributed by atoms with Gasteiger partial charge in [0.25, 0.3) is 0 Å². The van der Waals surface area contributed by atoms with E-state index < -0.39 is 18.0 Å². The minimum Gasteiger partial charge on any atom is -0.466 e. The number of hydrogen-bond donors (Lipinski definition) is 0. The van der Waals surface area contributed by atoms with E-state index >= 15 is 0 Å². The van der Waals surface area contributed by atoms with E-state index in [-0.39, 0.29) is 0 Å². The third-order valence-electron chi connectivity index (χ3n) is 3.01. The molecule has 0 aliphatic rings. The lowest BCUT2D eigenvalue weighted by Gasteiger charge is -2.12. The molecule has 2 aromatic rings. The monoisotopic (exact) mass is 330 g/mol. The van der Waals surface area contributed by atoms with E-state index in [0.717, 1.165) is 5.56 Å². The molecule has 118 valence electrons. The average Bonchev–Trinajstić information content (AvgIpc) is 2.59. The molecule has 0 radical (unpaired) electrons. The molecule has 23 heavy (non-hydrogen) atoms. The third kappa shape index (κ3) is 4.97. The van der Waals surface area contributed by atoms with Crippen LogP contribution in [0.4, 0.5) is 0 Å². The Morgan fingerprint density at radius 1 is 1.04 bits per heavy atom. The lowest BCUT2D eigenvalue weighted by atomic mass is 10.2. The Morgan fingerprint density at radius 3 is 2.30 bits per heavy atom. The molecular formula is C18H15ClO4. The largest absolute Gasteiger partial charge is 0.466 e. The van der Waals surface area contributed by atoms with Crippen LogP contribution in [0.5, 0.6) is 0 Å². The van der Waals surface area contributed by atoms with Crippen molar-refractivity contribution < 1.29 is 19.1 Å². The van der Waals surface area contributed by atoms with Crippen LogP contribution in [-0.2, 0) is 14.3 Å². The summed E-state index contributed by atoms with van der Waals surface area (Å²) in [7, 11) is 1.24. The van der Waals surface area contributed by atoms with Gasteiger partial charge in [0.05, 0.1) is 12.7 Å². The quantitative estimate of drug-likeness (QED) is 0.783. The molecular weight excluding hydrogens is 316 g/mol. The molecule has 0 amide bonds. The van der Waals surface area contributed by atoms with Crippen LogP contribution in [0.15, 0.2) is 60.7 Å². The molecule has 0 aliphatic carbocycles. The number of carbonyl (C=O) groups is 2. The van der Waals surface area contributed by atoms with Crippen molar-refractivity contribution in [2.45, 2.75) is 6.10 Å². The highest BCUT2D eigenvalue weighted by Crippen LogP contribution is 2.12. The molecule has 0 spiro atoms. The van der Waals surface area contributed by atoms with E-state index in [4.69, 9.17) is 16.3 Å². The molecule has 0 aromatic heterocycles. The Bertz CT molecular complexity index is 693. The van der Waals surface area contributed by atoms with Gasteiger partial charge in [-0.25, -0.2) is 9.59 Å². The fourth-order valence-corrected chi connectivity index (χ4v) is 1.94. The first-order chi connectivity index (χ1) is 11.1. The summed E-state index contributed by atoms with van der Waals surface area (Å²) in [5.74, 6) is -1.28. The van der Waals surface area contributed by atoms with Gasteiger partial charge in [0.2, 0.25) is 6.10 Å². The van der Waals surface area contributed by atoms with Crippen LogP contribution in [-0.4, -0.2) is 25.2 Å². The van der Waals surface area contributed by atoms with E-state index in [1.807, 2.05) is 30.3 Å². The standard InChI is InChI=1S/C18H15ClO4/c1-22-18(21)16(12-7-13-5-3-2-4-6-13)23-17(20)14-8-10-15(19)11-9-14/h2-12,16H,1H3/b12-7+/t16-/m1/s1. The maximum atomic E-state index is 12.1. The molecule has 2 rings (SSSR count). The van der Waals surface area contributed by atoms with Crippen LogP contribution < -0.4 is 0 Å². The van der Waals surface area contributed by atoms with Gasteiger partial charge in [-0.1, -0.05) is 48.0 Å². The molecule has 5 heteroatoms. The summed E-state index contributed by atoms with van der Waals surface area (Å²) in [6, 6.07) is 15.6. The van der Waals surface area contributed by atoms with Crippen molar-refractivity contribution in [3.63, 3.8) is 0 Å². The number of benzene rings is 2. The predicted octanol–water partition coefficient (Wildman–Crippen LogP) is 3.75. The number of esters is 2. The Balaban J connectivity index is 2.12. The summed E-state index contributed by atoms with van der Waals surface area (Å²) in [6.45, 7) is 0. The van der Waals surface area contributed by atoms with Crippen LogP contribution in [0.25, 0.3) is 6.08 Å². The lowest BCUT2D eigenvalue weighted by Crippen LogP contribution is -2.26. The summed E-state index contributed by atoms with van der Waals surface area (Å²) in [4.78, 5) is 23.9. The van der Waals surface area contributed by atoms with Gasteiger partial charge >= 0.3 is 11.9 Å². The molecule has 0 heterocycles. The first-order valence-electron chi connectivity index (χ1n) is 6.88. The number of ether oxygens (including phenoxy) is 2. The van der Waals surface area contributed by atoms with Crippen molar-refractivity contribution in [2.75, 3.05) is 7.11 Å². The highest BCUT2D eigenvalue weighted by atomic mass is 35.5. The molecule has 0 aliphatic heterocycles.